The minimum atomic E-state index is 0.223. The lowest BCUT2D eigenvalue weighted by atomic mass is 9.97. The summed E-state index contributed by atoms with van der Waals surface area (Å²) >= 11 is 0. The Morgan fingerprint density at radius 2 is 2.06 bits per heavy atom. The maximum Gasteiger partial charge on any atom is 0.219 e. The van der Waals surface area contributed by atoms with Gasteiger partial charge >= 0.3 is 0 Å². The second kappa shape index (κ2) is 3.48. The molecule has 2 heterocycles. The van der Waals surface area contributed by atoms with E-state index in [1.807, 2.05) is 36.4 Å². The highest BCUT2D eigenvalue weighted by molar-refractivity contribution is 5.56. The molecule has 1 fully saturated rings. The van der Waals surface area contributed by atoms with Gasteiger partial charge in [-0.15, -0.1) is 0 Å². The Morgan fingerprint density at radius 3 is 2.83 bits per heavy atom. The first-order chi connectivity index (χ1) is 8.87. The Morgan fingerprint density at radius 1 is 1.11 bits per heavy atom. The summed E-state index contributed by atoms with van der Waals surface area (Å²) in [6.07, 6.45) is 4.13. The number of benzene rings is 1. The van der Waals surface area contributed by atoms with Crippen molar-refractivity contribution in [3.63, 3.8) is 0 Å². The molecule has 18 heavy (non-hydrogen) atoms. The molecule has 1 saturated carbocycles. The Labute approximate surface area is 105 Å². The van der Waals surface area contributed by atoms with Crippen molar-refractivity contribution < 1.29 is 9.47 Å². The summed E-state index contributed by atoms with van der Waals surface area (Å²) in [5.74, 6) is 2.50. The highest BCUT2D eigenvalue weighted by Crippen LogP contribution is 2.58. The predicted molar refractivity (Wildman–Crippen MR) is 67.2 cm³/mol. The van der Waals surface area contributed by atoms with Gasteiger partial charge in [-0.2, -0.15) is 0 Å². The Balaban J connectivity index is 1.76. The van der Waals surface area contributed by atoms with Gasteiger partial charge in [0.1, 0.15) is 11.5 Å². The topological polar surface area (TPSA) is 31.4 Å². The SMILES string of the molecule is c1ccc(Oc2cccc3c2C2(CC2)CO3)nc1. The van der Waals surface area contributed by atoms with Gasteiger partial charge in [-0.25, -0.2) is 4.98 Å². The van der Waals surface area contributed by atoms with Crippen LogP contribution in [-0.2, 0) is 5.41 Å². The molecule has 0 amide bonds. The fourth-order valence-corrected chi connectivity index (χ4v) is 2.59. The zero-order chi connectivity index (χ0) is 12.0. The number of rotatable bonds is 2. The molecule has 0 radical (unpaired) electrons. The molecule has 1 aromatic carbocycles. The van der Waals surface area contributed by atoms with Crippen molar-refractivity contribution in [3.05, 3.63) is 48.2 Å². The van der Waals surface area contributed by atoms with Crippen LogP contribution in [0.1, 0.15) is 18.4 Å². The van der Waals surface area contributed by atoms with Crippen LogP contribution in [0, 0.1) is 0 Å². The van der Waals surface area contributed by atoms with Gasteiger partial charge in [-0.1, -0.05) is 12.1 Å². The van der Waals surface area contributed by atoms with Gasteiger partial charge in [0.25, 0.3) is 0 Å². The maximum absolute atomic E-state index is 5.91. The lowest BCUT2D eigenvalue weighted by Gasteiger charge is -2.11. The normalized spacial score (nSPS) is 18.2. The van der Waals surface area contributed by atoms with Crippen LogP contribution < -0.4 is 9.47 Å². The van der Waals surface area contributed by atoms with Gasteiger partial charge in [0.05, 0.1) is 6.61 Å². The number of nitrogens with zero attached hydrogens (tertiary/aromatic N) is 1. The van der Waals surface area contributed by atoms with E-state index in [1.54, 1.807) is 6.20 Å². The summed E-state index contributed by atoms with van der Waals surface area (Å²) in [6, 6.07) is 11.7. The summed E-state index contributed by atoms with van der Waals surface area (Å²) in [4.78, 5) is 4.20. The predicted octanol–water partition coefficient (Wildman–Crippen LogP) is 3.30. The third-order valence-corrected chi connectivity index (χ3v) is 3.73. The fourth-order valence-electron chi connectivity index (χ4n) is 2.59. The molecule has 3 nitrogen and oxygen atoms in total. The Hall–Kier alpha value is -2.03. The average Bonchev–Trinajstić information content (AvgIpc) is 3.08. The molecule has 4 rings (SSSR count). The van der Waals surface area contributed by atoms with E-state index in [-0.39, 0.29) is 5.41 Å². The first kappa shape index (κ1) is 9.95. The van der Waals surface area contributed by atoms with Crippen molar-refractivity contribution in [1.29, 1.82) is 0 Å². The third kappa shape index (κ3) is 1.40. The number of ether oxygens (including phenoxy) is 2. The second-order valence-corrected chi connectivity index (χ2v) is 4.97. The van der Waals surface area contributed by atoms with Crippen LogP contribution in [0.15, 0.2) is 42.6 Å². The molecule has 0 N–H and O–H groups in total. The van der Waals surface area contributed by atoms with Gasteiger partial charge in [0.15, 0.2) is 0 Å². The molecule has 2 aromatic rings. The van der Waals surface area contributed by atoms with Crippen LogP contribution in [-0.4, -0.2) is 11.6 Å². The van der Waals surface area contributed by atoms with E-state index < -0.39 is 0 Å². The first-order valence-corrected chi connectivity index (χ1v) is 6.23. The Kier molecular flexibility index (Phi) is 1.92. The van der Waals surface area contributed by atoms with E-state index in [4.69, 9.17) is 9.47 Å². The van der Waals surface area contributed by atoms with Gasteiger partial charge in [0, 0.05) is 23.2 Å². The lowest BCUT2D eigenvalue weighted by Crippen LogP contribution is -2.08. The fraction of sp³-hybridized carbons (Fsp3) is 0.267. The van der Waals surface area contributed by atoms with E-state index in [9.17, 15) is 0 Å². The highest BCUT2D eigenvalue weighted by atomic mass is 16.5. The standard InChI is InChI=1S/C15H13NO2/c1-2-9-16-13(6-1)18-12-5-3-4-11-14(12)15(7-8-15)10-17-11/h1-6,9H,7-8,10H2. The zero-order valence-corrected chi connectivity index (χ0v) is 9.93. The van der Waals surface area contributed by atoms with Crippen molar-refractivity contribution >= 4 is 0 Å². The summed E-state index contributed by atoms with van der Waals surface area (Å²) in [6.45, 7) is 0.797. The summed E-state index contributed by atoms with van der Waals surface area (Å²) in [5.41, 5.74) is 1.46. The van der Waals surface area contributed by atoms with Crippen LogP contribution in [0.4, 0.5) is 0 Å². The number of pyridine rings is 1. The van der Waals surface area contributed by atoms with Crippen LogP contribution in [0.5, 0.6) is 17.4 Å². The van der Waals surface area contributed by atoms with E-state index >= 15 is 0 Å². The van der Waals surface area contributed by atoms with Crippen molar-refractivity contribution in [2.75, 3.05) is 6.61 Å². The van der Waals surface area contributed by atoms with E-state index in [2.05, 4.69) is 4.98 Å². The molecule has 2 aliphatic rings. The van der Waals surface area contributed by atoms with Crippen LogP contribution >= 0.6 is 0 Å². The third-order valence-electron chi connectivity index (χ3n) is 3.73. The molecule has 0 saturated heterocycles. The molecular weight excluding hydrogens is 226 g/mol. The van der Waals surface area contributed by atoms with Crippen molar-refractivity contribution in [2.24, 2.45) is 0 Å². The molecule has 0 atom stereocenters. The lowest BCUT2D eigenvalue weighted by molar-refractivity contribution is 0.323. The van der Waals surface area contributed by atoms with Crippen LogP contribution in [0.2, 0.25) is 0 Å². The number of fused-ring (bicyclic) bond motifs is 2. The number of hydrogen-bond acceptors (Lipinski definition) is 3. The molecule has 3 heteroatoms. The zero-order valence-electron chi connectivity index (χ0n) is 9.93. The van der Waals surface area contributed by atoms with Gasteiger partial charge in [0.2, 0.25) is 5.88 Å². The Bertz CT molecular complexity index is 591. The molecule has 0 unspecified atom stereocenters. The van der Waals surface area contributed by atoms with Crippen molar-refractivity contribution in [3.8, 4) is 17.4 Å². The smallest absolute Gasteiger partial charge is 0.219 e. The van der Waals surface area contributed by atoms with Gasteiger partial charge in [-0.05, 0) is 31.0 Å². The van der Waals surface area contributed by atoms with E-state index in [1.165, 1.54) is 18.4 Å². The van der Waals surface area contributed by atoms with Crippen molar-refractivity contribution in [2.45, 2.75) is 18.3 Å². The number of hydrogen-bond donors (Lipinski definition) is 0. The summed E-state index contributed by atoms with van der Waals surface area (Å²) in [5, 5.41) is 0. The van der Waals surface area contributed by atoms with Gasteiger partial charge in [-0.3, -0.25) is 0 Å². The molecule has 0 bridgehead atoms. The maximum atomic E-state index is 5.91. The molecule has 1 aliphatic carbocycles. The molecular formula is C15H13NO2. The van der Waals surface area contributed by atoms with Crippen LogP contribution in [0.3, 0.4) is 0 Å². The monoisotopic (exact) mass is 239 g/mol. The minimum absolute atomic E-state index is 0.223. The first-order valence-electron chi connectivity index (χ1n) is 6.23. The quantitative estimate of drug-likeness (QED) is 0.805. The molecule has 1 spiro atoms. The highest BCUT2D eigenvalue weighted by Gasteiger charge is 2.52. The van der Waals surface area contributed by atoms with E-state index in [0.29, 0.717) is 5.88 Å². The summed E-state index contributed by atoms with van der Waals surface area (Å²) < 4.78 is 11.7. The number of aromatic nitrogens is 1. The van der Waals surface area contributed by atoms with Crippen molar-refractivity contribution in [1.82, 2.24) is 4.98 Å². The molecule has 1 aromatic heterocycles. The minimum Gasteiger partial charge on any atom is -0.492 e. The molecule has 1 aliphatic heterocycles. The summed E-state index contributed by atoms with van der Waals surface area (Å²) in [7, 11) is 0. The van der Waals surface area contributed by atoms with Gasteiger partial charge < -0.3 is 9.47 Å². The van der Waals surface area contributed by atoms with E-state index in [0.717, 1.165) is 18.1 Å². The average molecular weight is 239 g/mol. The second-order valence-electron chi connectivity index (χ2n) is 4.97. The van der Waals surface area contributed by atoms with Crippen LogP contribution in [0.25, 0.3) is 0 Å². The largest absolute Gasteiger partial charge is 0.492 e. The molecule has 90 valence electrons.